The van der Waals surface area contributed by atoms with E-state index in [1.54, 1.807) is 24.7 Å². The van der Waals surface area contributed by atoms with E-state index in [0.29, 0.717) is 24.9 Å². The number of nitrogens with one attached hydrogen (secondary N) is 1. The number of anilines is 1. The number of nitrogens with zero attached hydrogens (tertiary/aromatic N) is 2. The van der Waals surface area contributed by atoms with Crippen molar-refractivity contribution in [3.8, 4) is 11.5 Å². The second-order valence-electron chi connectivity index (χ2n) is 8.31. The van der Waals surface area contributed by atoms with Crippen molar-refractivity contribution in [2.75, 3.05) is 5.32 Å². The molecular weight excluding hydrogens is 486 g/mol. The lowest BCUT2D eigenvalue weighted by molar-refractivity contribution is -0.0692. The fourth-order valence-electron chi connectivity index (χ4n) is 4.00. The highest BCUT2D eigenvalue weighted by Crippen LogP contribution is 2.34. The SMILES string of the molecule is FC(F)Oc1ccc(CC(Cc2ccncc2)c2ccc(NCc3ccccc3)nc2)cc1OC(F)F. The fourth-order valence-corrected chi connectivity index (χ4v) is 4.00. The van der Waals surface area contributed by atoms with Crippen molar-refractivity contribution >= 4 is 5.82 Å². The van der Waals surface area contributed by atoms with Crippen molar-refractivity contribution in [2.45, 2.75) is 38.5 Å². The number of pyridine rings is 2. The Morgan fingerprint density at radius 3 is 2.08 bits per heavy atom. The third-order valence-electron chi connectivity index (χ3n) is 5.73. The molecule has 37 heavy (non-hydrogen) atoms. The van der Waals surface area contributed by atoms with Crippen molar-refractivity contribution in [1.82, 2.24) is 9.97 Å². The number of rotatable bonds is 12. The van der Waals surface area contributed by atoms with Crippen LogP contribution in [0.2, 0.25) is 0 Å². The van der Waals surface area contributed by atoms with Gasteiger partial charge in [-0.2, -0.15) is 17.6 Å². The van der Waals surface area contributed by atoms with Gasteiger partial charge >= 0.3 is 13.2 Å². The molecule has 0 aliphatic heterocycles. The van der Waals surface area contributed by atoms with Crippen LogP contribution in [-0.2, 0) is 19.4 Å². The van der Waals surface area contributed by atoms with Gasteiger partial charge in [-0.05, 0) is 71.3 Å². The first-order chi connectivity index (χ1) is 18.0. The van der Waals surface area contributed by atoms with Crippen LogP contribution in [0, 0.1) is 0 Å². The molecule has 2 aromatic heterocycles. The summed E-state index contributed by atoms with van der Waals surface area (Å²) in [5.41, 5.74) is 3.73. The lowest BCUT2D eigenvalue weighted by Gasteiger charge is -2.19. The van der Waals surface area contributed by atoms with Crippen LogP contribution in [0.25, 0.3) is 0 Å². The molecular formula is C28H25F4N3O2. The Kier molecular flexibility index (Phi) is 8.91. The van der Waals surface area contributed by atoms with Crippen molar-refractivity contribution in [2.24, 2.45) is 0 Å². The van der Waals surface area contributed by atoms with Gasteiger partial charge in [0.2, 0.25) is 0 Å². The van der Waals surface area contributed by atoms with E-state index < -0.39 is 24.7 Å². The monoisotopic (exact) mass is 511 g/mol. The minimum Gasteiger partial charge on any atom is -0.431 e. The molecule has 9 heteroatoms. The highest BCUT2D eigenvalue weighted by Gasteiger charge is 2.19. The van der Waals surface area contributed by atoms with E-state index in [2.05, 4.69) is 24.8 Å². The van der Waals surface area contributed by atoms with Gasteiger partial charge in [-0.25, -0.2) is 4.98 Å². The van der Waals surface area contributed by atoms with Gasteiger partial charge in [-0.15, -0.1) is 0 Å². The summed E-state index contributed by atoms with van der Waals surface area (Å²) in [5.74, 6) is -0.245. The number of ether oxygens (including phenoxy) is 2. The molecule has 2 heterocycles. The van der Waals surface area contributed by atoms with E-state index in [-0.39, 0.29) is 5.92 Å². The minimum absolute atomic E-state index is 0.0839. The molecule has 5 nitrogen and oxygen atoms in total. The number of aromatic nitrogens is 2. The van der Waals surface area contributed by atoms with E-state index in [1.807, 2.05) is 54.6 Å². The van der Waals surface area contributed by atoms with Crippen LogP contribution in [0.3, 0.4) is 0 Å². The predicted molar refractivity (Wildman–Crippen MR) is 132 cm³/mol. The standard InChI is InChI=1S/C28H25F4N3O2/c29-27(30)36-24-8-6-21(16-25(24)37-28(31)32)15-23(14-19-10-12-33-13-11-19)22-7-9-26(35-18-22)34-17-20-4-2-1-3-5-20/h1-13,16,18,23,27-28H,14-15,17H2,(H,34,35). The first-order valence-electron chi connectivity index (χ1n) is 11.6. The summed E-state index contributed by atoms with van der Waals surface area (Å²) >= 11 is 0. The van der Waals surface area contributed by atoms with Crippen molar-refractivity contribution in [3.05, 3.63) is 114 Å². The van der Waals surface area contributed by atoms with Crippen LogP contribution in [0.4, 0.5) is 23.4 Å². The van der Waals surface area contributed by atoms with E-state index in [0.717, 1.165) is 22.5 Å². The maximum Gasteiger partial charge on any atom is 0.387 e. The molecule has 192 valence electrons. The second kappa shape index (κ2) is 12.7. The molecule has 1 N–H and O–H groups in total. The number of halogens is 4. The average molecular weight is 512 g/mol. The lowest BCUT2D eigenvalue weighted by Crippen LogP contribution is -2.10. The molecule has 1 atom stereocenters. The lowest BCUT2D eigenvalue weighted by atomic mass is 9.87. The molecule has 0 fully saturated rings. The number of hydrogen-bond acceptors (Lipinski definition) is 5. The molecule has 0 saturated heterocycles. The Balaban J connectivity index is 1.55. The van der Waals surface area contributed by atoms with Crippen LogP contribution in [0.15, 0.2) is 91.4 Å². The van der Waals surface area contributed by atoms with Crippen LogP contribution in [-0.4, -0.2) is 23.2 Å². The zero-order chi connectivity index (χ0) is 26.0. The zero-order valence-electron chi connectivity index (χ0n) is 19.7. The summed E-state index contributed by atoms with van der Waals surface area (Å²) in [6, 6.07) is 21.7. The quantitative estimate of drug-likeness (QED) is 0.211. The smallest absolute Gasteiger partial charge is 0.387 e. The molecule has 0 amide bonds. The molecule has 4 rings (SSSR count). The van der Waals surface area contributed by atoms with E-state index in [4.69, 9.17) is 0 Å². The van der Waals surface area contributed by atoms with Gasteiger partial charge < -0.3 is 14.8 Å². The highest BCUT2D eigenvalue weighted by molar-refractivity contribution is 5.44. The van der Waals surface area contributed by atoms with Crippen molar-refractivity contribution in [3.63, 3.8) is 0 Å². The molecule has 0 radical (unpaired) electrons. The zero-order valence-corrected chi connectivity index (χ0v) is 19.7. The van der Waals surface area contributed by atoms with Gasteiger partial charge in [0.25, 0.3) is 0 Å². The molecule has 2 aromatic carbocycles. The van der Waals surface area contributed by atoms with Gasteiger partial charge in [0.15, 0.2) is 11.5 Å². The largest absolute Gasteiger partial charge is 0.431 e. The summed E-state index contributed by atoms with van der Waals surface area (Å²) in [4.78, 5) is 8.61. The Morgan fingerprint density at radius 1 is 0.703 bits per heavy atom. The summed E-state index contributed by atoms with van der Waals surface area (Å²) in [5, 5.41) is 3.29. The van der Waals surface area contributed by atoms with Crippen LogP contribution >= 0.6 is 0 Å². The molecule has 0 saturated carbocycles. The Labute approximate surface area is 212 Å². The first kappa shape index (κ1) is 25.9. The summed E-state index contributed by atoms with van der Waals surface area (Å²) in [7, 11) is 0. The topological polar surface area (TPSA) is 56.3 Å². The molecule has 0 spiro atoms. The van der Waals surface area contributed by atoms with E-state index in [1.165, 1.54) is 12.1 Å². The van der Waals surface area contributed by atoms with Gasteiger partial charge in [-0.1, -0.05) is 42.5 Å². The minimum atomic E-state index is -3.18. The third kappa shape index (κ3) is 7.93. The van der Waals surface area contributed by atoms with Gasteiger partial charge in [0.05, 0.1) is 0 Å². The van der Waals surface area contributed by atoms with Crippen LogP contribution in [0.1, 0.15) is 28.2 Å². The highest BCUT2D eigenvalue weighted by atomic mass is 19.3. The van der Waals surface area contributed by atoms with Gasteiger partial charge in [0, 0.05) is 25.1 Å². The first-order valence-corrected chi connectivity index (χ1v) is 11.6. The van der Waals surface area contributed by atoms with Crippen molar-refractivity contribution < 1.29 is 27.0 Å². The summed E-state index contributed by atoms with van der Waals surface area (Å²) in [6.45, 7) is -5.71. The molecule has 0 aliphatic carbocycles. The summed E-state index contributed by atoms with van der Waals surface area (Å²) in [6.07, 6.45) is 6.24. The summed E-state index contributed by atoms with van der Waals surface area (Å²) < 4.78 is 60.0. The Bertz CT molecular complexity index is 1240. The Hall–Kier alpha value is -4.14. The molecule has 4 aromatic rings. The van der Waals surface area contributed by atoms with Crippen LogP contribution in [0.5, 0.6) is 11.5 Å². The number of hydrogen-bond donors (Lipinski definition) is 1. The van der Waals surface area contributed by atoms with E-state index >= 15 is 0 Å². The van der Waals surface area contributed by atoms with Crippen LogP contribution < -0.4 is 14.8 Å². The predicted octanol–water partition coefficient (Wildman–Crippen LogP) is 6.86. The fraction of sp³-hybridized carbons (Fsp3) is 0.214. The van der Waals surface area contributed by atoms with E-state index in [9.17, 15) is 17.6 Å². The van der Waals surface area contributed by atoms with Crippen molar-refractivity contribution in [1.29, 1.82) is 0 Å². The second-order valence-corrected chi connectivity index (χ2v) is 8.31. The maximum atomic E-state index is 12.9. The maximum absolute atomic E-state index is 12.9. The number of alkyl halides is 4. The molecule has 0 bridgehead atoms. The normalized spacial score (nSPS) is 11.9. The third-order valence-corrected chi connectivity index (χ3v) is 5.73. The average Bonchev–Trinajstić information content (AvgIpc) is 2.89. The molecule has 1 unspecified atom stereocenters. The molecule has 0 aliphatic rings. The Morgan fingerprint density at radius 2 is 1.41 bits per heavy atom. The van der Waals surface area contributed by atoms with Gasteiger partial charge in [-0.3, -0.25) is 4.98 Å². The number of benzene rings is 2. The van der Waals surface area contributed by atoms with Gasteiger partial charge in [0.1, 0.15) is 5.82 Å².